The molecule has 0 bridgehead atoms. The molecule has 1 N–H and O–H groups in total. The summed E-state index contributed by atoms with van der Waals surface area (Å²) in [6.45, 7) is 0. The first-order valence-electron chi connectivity index (χ1n) is 9.42. The van der Waals surface area contributed by atoms with Crippen LogP contribution in [0.25, 0.3) is 0 Å². The highest BCUT2D eigenvalue weighted by Gasteiger charge is 2.24. The summed E-state index contributed by atoms with van der Waals surface area (Å²) in [4.78, 5) is 35.9. The maximum absolute atomic E-state index is 12.6. The fourth-order valence-corrected chi connectivity index (χ4v) is 2.95. The quantitative estimate of drug-likeness (QED) is 0.255. The molecule has 3 aromatic carbocycles. The molecule has 3 rings (SSSR count). The molecule has 0 saturated carbocycles. The summed E-state index contributed by atoms with van der Waals surface area (Å²) in [6, 6.07) is 20.8. The standard InChI is InChI=1S/C23H20N2O6/c1-30-18-12-13-21(20(14-18)25(28)29)31-22(26)15-19(16-8-4-2-5-9-16)24-23(27)17-10-6-3-7-11-17/h2-14,19H,15H2,1H3,(H,24,27). The Balaban J connectivity index is 1.79. The third-order valence-corrected chi connectivity index (χ3v) is 4.50. The Morgan fingerprint density at radius 3 is 2.26 bits per heavy atom. The number of methoxy groups -OCH3 is 1. The van der Waals surface area contributed by atoms with Crippen LogP contribution < -0.4 is 14.8 Å². The zero-order chi connectivity index (χ0) is 22.2. The number of benzene rings is 3. The van der Waals surface area contributed by atoms with E-state index in [1.165, 1.54) is 25.3 Å². The van der Waals surface area contributed by atoms with Crippen molar-refractivity contribution in [2.24, 2.45) is 0 Å². The van der Waals surface area contributed by atoms with Crippen LogP contribution in [0.15, 0.2) is 78.9 Å². The Morgan fingerprint density at radius 2 is 1.65 bits per heavy atom. The Hall–Kier alpha value is -4.20. The number of ether oxygens (including phenoxy) is 2. The van der Waals surface area contributed by atoms with E-state index in [4.69, 9.17) is 9.47 Å². The average molecular weight is 420 g/mol. The lowest BCUT2D eigenvalue weighted by atomic mass is 10.0. The van der Waals surface area contributed by atoms with E-state index in [0.717, 1.165) is 0 Å². The first-order chi connectivity index (χ1) is 15.0. The van der Waals surface area contributed by atoms with Crippen molar-refractivity contribution in [2.45, 2.75) is 12.5 Å². The zero-order valence-electron chi connectivity index (χ0n) is 16.7. The van der Waals surface area contributed by atoms with Crippen LogP contribution in [0.1, 0.15) is 28.4 Å². The minimum atomic E-state index is -0.726. The smallest absolute Gasteiger partial charge is 0.315 e. The number of rotatable bonds is 8. The van der Waals surface area contributed by atoms with E-state index in [1.807, 2.05) is 6.07 Å². The summed E-state index contributed by atoms with van der Waals surface area (Å²) in [5, 5.41) is 14.1. The number of esters is 1. The van der Waals surface area contributed by atoms with Gasteiger partial charge in [-0.25, -0.2) is 0 Å². The highest BCUT2D eigenvalue weighted by Crippen LogP contribution is 2.31. The first kappa shape index (κ1) is 21.5. The molecule has 0 spiro atoms. The van der Waals surface area contributed by atoms with E-state index in [2.05, 4.69) is 5.32 Å². The highest BCUT2D eigenvalue weighted by molar-refractivity contribution is 5.94. The Kier molecular flexibility index (Phi) is 6.95. The molecule has 31 heavy (non-hydrogen) atoms. The van der Waals surface area contributed by atoms with Gasteiger partial charge in [-0.05, 0) is 29.8 Å². The Morgan fingerprint density at radius 1 is 1.00 bits per heavy atom. The van der Waals surface area contributed by atoms with E-state index in [1.54, 1.807) is 54.6 Å². The van der Waals surface area contributed by atoms with E-state index < -0.39 is 22.6 Å². The number of carbonyl (C=O) groups is 2. The molecule has 0 aliphatic rings. The molecule has 1 amide bonds. The molecule has 8 heteroatoms. The van der Waals surface area contributed by atoms with Crippen molar-refractivity contribution in [3.8, 4) is 11.5 Å². The molecule has 1 unspecified atom stereocenters. The lowest BCUT2D eigenvalue weighted by molar-refractivity contribution is -0.385. The van der Waals surface area contributed by atoms with Crippen LogP contribution in [0.5, 0.6) is 11.5 Å². The third-order valence-electron chi connectivity index (χ3n) is 4.50. The maximum atomic E-state index is 12.6. The molecule has 0 aromatic heterocycles. The first-order valence-corrected chi connectivity index (χ1v) is 9.42. The lowest BCUT2D eigenvalue weighted by Gasteiger charge is -2.19. The van der Waals surface area contributed by atoms with E-state index >= 15 is 0 Å². The van der Waals surface area contributed by atoms with Crippen LogP contribution in [-0.2, 0) is 4.79 Å². The van der Waals surface area contributed by atoms with Crippen molar-refractivity contribution >= 4 is 17.6 Å². The second-order valence-corrected chi connectivity index (χ2v) is 6.57. The fourth-order valence-electron chi connectivity index (χ4n) is 2.95. The van der Waals surface area contributed by atoms with E-state index in [0.29, 0.717) is 11.1 Å². The maximum Gasteiger partial charge on any atom is 0.315 e. The average Bonchev–Trinajstić information content (AvgIpc) is 2.79. The topological polar surface area (TPSA) is 108 Å². The molecule has 3 aromatic rings. The van der Waals surface area contributed by atoms with Gasteiger partial charge in [-0.1, -0.05) is 48.5 Å². The van der Waals surface area contributed by atoms with Crippen molar-refractivity contribution in [2.75, 3.05) is 7.11 Å². The summed E-state index contributed by atoms with van der Waals surface area (Å²) in [7, 11) is 1.38. The van der Waals surface area contributed by atoms with Crippen LogP contribution in [0.3, 0.4) is 0 Å². The second-order valence-electron chi connectivity index (χ2n) is 6.57. The summed E-state index contributed by atoms with van der Waals surface area (Å²) in [5.74, 6) is -1.01. The molecule has 0 saturated heterocycles. The monoisotopic (exact) mass is 420 g/mol. The van der Waals surface area contributed by atoms with Gasteiger partial charge in [0.15, 0.2) is 0 Å². The van der Waals surface area contributed by atoms with Crippen LogP contribution in [-0.4, -0.2) is 23.9 Å². The summed E-state index contributed by atoms with van der Waals surface area (Å²) in [5.41, 5.74) is 0.757. The van der Waals surface area contributed by atoms with Crippen LogP contribution >= 0.6 is 0 Å². The van der Waals surface area contributed by atoms with Gasteiger partial charge in [0, 0.05) is 5.56 Å². The van der Waals surface area contributed by atoms with Gasteiger partial charge in [0.05, 0.1) is 30.6 Å². The number of nitro groups is 1. The summed E-state index contributed by atoms with van der Waals surface area (Å²) < 4.78 is 10.2. The van der Waals surface area contributed by atoms with Crippen molar-refractivity contribution < 1.29 is 24.0 Å². The summed E-state index contributed by atoms with van der Waals surface area (Å²) >= 11 is 0. The SMILES string of the molecule is COc1ccc(OC(=O)CC(NC(=O)c2ccccc2)c2ccccc2)c([N+](=O)[O-])c1. The lowest BCUT2D eigenvalue weighted by Crippen LogP contribution is -2.31. The molecule has 1 atom stereocenters. The van der Waals surface area contributed by atoms with Crippen LogP contribution in [0.2, 0.25) is 0 Å². The Bertz CT molecular complexity index is 1070. The molecule has 158 valence electrons. The molecule has 0 radical (unpaired) electrons. The summed E-state index contributed by atoms with van der Waals surface area (Å²) in [6.07, 6.45) is -0.216. The minimum Gasteiger partial charge on any atom is -0.496 e. The number of nitrogens with zero attached hydrogens (tertiary/aromatic N) is 1. The van der Waals surface area contributed by atoms with Crippen LogP contribution in [0, 0.1) is 10.1 Å². The van der Waals surface area contributed by atoms with Gasteiger partial charge in [-0.15, -0.1) is 0 Å². The van der Waals surface area contributed by atoms with Crippen LogP contribution in [0.4, 0.5) is 5.69 Å². The molecule has 0 heterocycles. The van der Waals surface area contributed by atoms with Crippen molar-refractivity contribution in [1.29, 1.82) is 0 Å². The minimum absolute atomic E-state index is 0.197. The largest absolute Gasteiger partial charge is 0.496 e. The number of amides is 1. The predicted octanol–water partition coefficient (Wildman–Crippen LogP) is 4.07. The van der Waals surface area contributed by atoms with Crippen molar-refractivity contribution in [3.63, 3.8) is 0 Å². The van der Waals surface area contributed by atoms with Gasteiger partial charge in [0.2, 0.25) is 5.75 Å². The molecular weight excluding hydrogens is 400 g/mol. The van der Waals surface area contributed by atoms with Crippen molar-refractivity contribution in [3.05, 3.63) is 100 Å². The predicted molar refractivity (Wildman–Crippen MR) is 113 cm³/mol. The molecule has 8 nitrogen and oxygen atoms in total. The zero-order valence-corrected chi connectivity index (χ0v) is 16.7. The van der Waals surface area contributed by atoms with Gasteiger partial charge in [0.25, 0.3) is 5.91 Å². The number of nitro benzene ring substituents is 1. The van der Waals surface area contributed by atoms with E-state index in [9.17, 15) is 19.7 Å². The molecule has 0 aliphatic carbocycles. The number of nitrogens with one attached hydrogen (secondary N) is 1. The highest BCUT2D eigenvalue weighted by atomic mass is 16.6. The number of hydrogen-bond acceptors (Lipinski definition) is 6. The van der Waals surface area contributed by atoms with E-state index in [-0.39, 0.29) is 23.8 Å². The van der Waals surface area contributed by atoms with Gasteiger partial charge in [-0.2, -0.15) is 0 Å². The van der Waals surface area contributed by atoms with Gasteiger partial charge in [-0.3, -0.25) is 19.7 Å². The second kappa shape index (κ2) is 10.0. The van der Waals surface area contributed by atoms with Crippen molar-refractivity contribution in [1.82, 2.24) is 5.32 Å². The molecular formula is C23H20N2O6. The fraction of sp³-hybridized carbons (Fsp3) is 0.130. The van der Waals surface area contributed by atoms with Gasteiger partial charge >= 0.3 is 11.7 Å². The molecule has 0 fully saturated rings. The third kappa shape index (κ3) is 5.66. The Labute approximate surface area is 178 Å². The molecule has 0 aliphatic heterocycles. The van der Waals surface area contributed by atoms with Gasteiger partial charge < -0.3 is 14.8 Å². The normalized spacial score (nSPS) is 11.3. The van der Waals surface area contributed by atoms with Gasteiger partial charge in [0.1, 0.15) is 5.75 Å². The number of carbonyl (C=O) groups excluding carboxylic acids is 2. The number of hydrogen-bond donors (Lipinski definition) is 1.